The van der Waals surface area contributed by atoms with Crippen LogP contribution in [0.15, 0.2) is 48.7 Å². The summed E-state index contributed by atoms with van der Waals surface area (Å²) in [5, 5.41) is 14.6. The maximum Gasteiger partial charge on any atom is 0.417 e. The summed E-state index contributed by atoms with van der Waals surface area (Å²) in [5.74, 6) is -0.916. The Morgan fingerprint density at radius 2 is 1.90 bits per heavy atom. The molecule has 14 heteroatoms. The molecule has 3 N–H and O–H groups in total. The lowest BCUT2D eigenvalue weighted by Crippen LogP contribution is -2.66. The molecule has 9 nitrogen and oxygen atoms in total. The molecule has 42 heavy (non-hydrogen) atoms. The first-order chi connectivity index (χ1) is 19.8. The number of carbonyl (C=O) groups excluding carboxylic acids is 1. The van der Waals surface area contributed by atoms with Crippen molar-refractivity contribution in [3.05, 3.63) is 76.9 Å². The number of nitrogens with two attached hydrogens (primary N) is 1. The van der Waals surface area contributed by atoms with E-state index >= 15 is 0 Å². The molecular formula is C28H23F5N6O3. The lowest BCUT2D eigenvalue weighted by atomic mass is 9.63. The lowest BCUT2D eigenvalue weighted by molar-refractivity contribution is -0.304. The number of aliphatic hydroxyl groups is 1. The minimum atomic E-state index is -4.79. The molecule has 0 saturated heterocycles. The molecular weight excluding hydrogens is 563 g/mol. The van der Waals surface area contributed by atoms with Crippen LogP contribution >= 0.6 is 0 Å². The maximum absolute atomic E-state index is 13.3. The minimum absolute atomic E-state index is 0.0854. The standard InChI is InChI=1S/C28H23F5N6O3/c1-38-17-9-15(21-14(24(38)40)3-2-4-18(21)42-25(29)30)23-22(17)36-20-8-6-16(37-39(20)23)13-5-7-19(35-10-13)26(34)11-27(41,12-26)28(31,32)33/h2-8,10,15,17,25,41H,9,11-12,34H2,1H3. The number of alkyl halides is 5. The molecule has 1 aliphatic heterocycles. The van der Waals surface area contributed by atoms with E-state index in [4.69, 9.17) is 20.6 Å². The fourth-order valence-electron chi connectivity index (χ4n) is 6.57. The Morgan fingerprint density at radius 3 is 2.57 bits per heavy atom. The summed E-state index contributed by atoms with van der Waals surface area (Å²) >= 11 is 0. The Morgan fingerprint density at radius 1 is 1.14 bits per heavy atom. The molecule has 4 aromatic rings. The van der Waals surface area contributed by atoms with Gasteiger partial charge in [-0.3, -0.25) is 9.78 Å². The highest BCUT2D eigenvalue weighted by atomic mass is 19.4. The Balaban J connectivity index is 1.28. The number of fused-ring (bicyclic) bond motifs is 9. The van der Waals surface area contributed by atoms with E-state index in [2.05, 4.69) is 4.98 Å². The predicted octanol–water partition coefficient (Wildman–Crippen LogP) is 4.30. The summed E-state index contributed by atoms with van der Waals surface area (Å²) in [6, 6.07) is 10.7. The number of imidazole rings is 1. The topological polar surface area (TPSA) is 119 Å². The molecule has 1 saturated carbocycles. The number of hydrogen-bond donors (Lipinski definition) is 2. The summed E-state index contributed by atoms with van der Waals surface area (Å²) in [5.41, 5.74) is 5.46. The number of rotatable bonds is 4. The molecule has 0 radical (unpaired) electrons. The Kier molecular flexibility index (Phi) is 5.52. The van der Waals surface area contributed by atoms with Gasteiger partial charge in [0, 0.05) is 48.7 Å². The van der Waals surface area contributed by atoms with Crippen LogP contribution in [0.2, 0.25) is 0 Å². The van der Waals surface area contributed by atoms with Gasteiger partial charge in [-0.15, -0.1) is 0 Å². The molecule has 2 bridgehead atoms. The van der Waals surface area contributed by atoms with Crippen LogP contribution in [0.3, 0.4) is 0 Å². The minimum Gasteiger partial charge on any atom is -0.434 e. The summed E-state index contributed by atoms with van der Waals surface area (Å²) < 4.78 is 72.5. The average Bonchev–Trinajstić information content (AvgIpc) is 3.44. The van der Waals surface area contributed by atoms with E-state index in [1.807, 2.05) is 0 Å². The van der Waals surface area contributed by atoms with Gasteiger partial charge in [0.15, 0.2) is 11.2 Å². The van der Waals surface area contributed by atoms with E-state index in [-0.39, 0.29) is 22.9 Å². The van der Waals surface area contributed by atoms with Gasteiger partial charge < -0.3 is 20.5 Å². The monoisotopic (exact) mass is 586 g/mol. The van der Waals surface area contributed by atoms with Crippen molar-refractivity contribution in [3.8, 4) is 17.0 Å². The highest BCUT2D eigenvalue weighted by Crippen LogP contribution is 2.54. The van der Waals surface area contributed by atoms with Crippen molar-refractivity contribution in [1.29, 1.82) is 0 Å². The largest absolute Gasteiger partial charge is 0.434 e. The number of pyridine rings is 1. The number of aromatic nitrogens is 4. The van der Waals surface area contributed by atoms with E-state index in [9.17, 15) is 31.9 Å². The maximum atomic E-state index is 13.3. The van der Waals surface area contributed by atoms with Crippen LogP contribution < -0.4 is 10.5 Å². The van der Waals surface area contributed by atoms with Crippen LogP contribution in [0.25, 0.3) is 16.9 Å². The van der Waals surface area contributed by atoms with E-state index in [0.717, 1.165) is 0 Å². The number of halogens is 5. The van der Waals surface area contributed by atoms with E-state index in [1.54, 1.807) is 40.7 Å². The number of benzene rings is 1. The van der Waals surface area contributed by atoms with Crippen LogP contribution in [-0.4, -0.2) is 60.9 Å². The zero-order chi connectivity index (χ0) is 29.8. The van der Waals surface area contributed by atoms with Crippen molar-refractivity contribution in [1.82, 2.24) is 24.5 Å². The highest BCUT2D eigenvalue weighted by Gasteiger charge is 2.67. The van der Waals surface area contributed by atoms with Gasteiger partial charge in [-0.2, -0.15) is 27.1 Å². The molecule has 2 aliphatic carbocycles. The summed E-state index contributed by atoms with van der Waals surface area (Å²) in [6.07, 6.45) is -4.32. The first-order valence-corrected chi connectivity index (χ1v) is 13.1. The van der Waals surface area contributed by atoms with Crippen molar-refractivity contribution >= 4 is 11.6 Å². The number of carbonyl (C=O) groups is 1. The van der Waals surface area contributed by atoms with Crippen molar-refractivity contribution in [2.45, 2.75) is 55.1 Å². The van der Waals surface area contributed by atoms with Crippen LogP contribution in [-0.2, 0) is 5.54 Å². The van der Waals surface area contributed by atoms with Crippen LogP contribution in [0.4, 0.5) is 22.0 Å². The third kappa shape index (κ3) is 3.74. The number of amides is 1. The van der Waals surface area contributed by atoms with E-state index in [1.165, 1.54) is 24.4 Å². The molecule has 4 heterocycles. The second-order valence-corrected chi connectivity index (χ2v) is 11.2. The fraction of sp³-hybridized carbons (Fsp3) is 0.357. The van der Waals surface area contributed by atoms with Gasteiger partial charge in [0.05, 0.1) is 34.4 Å². The van der Waals surface area contributed by atoms with Gasteiger partial charge in [-0.05, 0) is 42.8 Å². The molecule has 1 amide bonds. The van der Waals surface area contributed by atoms with Gasteiger partial charge in [0.1, 0.15) is 5.75 Å². The van der Waals surface area contributed by atoms with Crippen molar-refractivity contribution in [3.63, 3.8) is 0 Å². The van der Waals surface area contributed by atoms with Crippen LogP contribution in [0.1, 0.15) is 64.2 Å². The smallest absolute Gasteiger partial charge is 0.417 e. The van der Waals surface area contributed by atoms with Crippen LogP contribution in [0.5, 0.6) is 5.75 Å². The van der Waals surface area contributed by atoms with Crippen LogP contribution in [0, 0.1) is 0 Å². The van der Waals surface area contributed by atoms with Crippen molar-refractivity contribution < 1.29 is 36.6 Å². The van der Waals surface area contributed by atoms with Gasteiger partial charge in [-0.25, -0.2) is 9.50 Å². The van der Waals surface area contributed by atoms with Crippen molar-refractivity contribution in [2.75, 3.05) is 7.05 Å². The molecule has 2 atom stereocenters. The van der Waals surface area contributed by atoms with Gasteiger partial charge >= 0.3 is 12.8 Å². The third-order valence-corrected chi connectivity index (χ3v) is 8.61. The molecule has 3 aliphatic rings. The zero-order valence-electron chi connectivity index (χ0n) is 21.9. The summed E-state index contributed by atoms with van der Waals surface area (Å²) in [7, 11) is 1.65. The predicted molar refractivity (Wildman–Crippen MR) is 137 cm³/mol. The zero-order valence-corrected chi connectivity index (χ0v) is 21.9. The molecule has 7 rings (SSSR count). The Labute approximate surface area is 234 Å². The van der Waals surface area contributed by atoms with E-state index < -0.39 is 48.7 Å². The van der Waals surface area contributed by atoms with E-state index in [0.29, 0.717) is 40.3 Å². The fourth-order valence-corrected chi connectivity index (χ4v) is 6.57. The van der Waals surface area contributed by atoms with Gasteiger partial charge in [0.2, 0.25) is 0 Å². The molecule has 1 fully saturated rings. The van der Waals surface area contributed by atoms with Gasteiger partial charge in [-0.1, -0.05) is 6.07 Å². The van der Waals surface area contributed by atoms with Crippen molar-refractivity contribution in [2.24, 2.45) is 5.73 Å². The summed E-state index contributed by atoms with van der Waals surface area (Å²) in [4.78, 5) is 23.9. The number of ether oxygens (including phenoxy) is 1. The molecule has 0 spiro atoms. The first-order valence-electron chi connectivity index (χ1n) is 13.1. The molecule has 218 valence electrons. The molecule has 3 aromatic heterocycles. The first kappa shape index (κ1) is 26.7. The number of nitrogens with zero attached hydrogens (tertiary/aromatic N) is 5. The summed E-state index contributed by atoms with van der Waals surface area (Å²) in [6.45, 7) is -3.08. The quantitative estimate of drug-likeness (QED) is 0.343. The third-order valence-electron chi connectivity index (χ3n) is 8.61. The molecule has 2 unspecified atom stereocenters. The number of hydrogen-bond acceptors (Lipinski definition) is 7. The van der Waals surface area contributed by atoms with Gasteiger partial charge in [0.25, 0.3) is 5.91 Å². The lowest BCUT2D eigenvalue weighted by Gasteiger charge is -2.51. The normalized spacial score (nSPS) is 26.7. The second-order valence-electron chi connectivity index (χ2n) is 11.2. The SMILES string of the molecule is CN1C(=O)c2cccc(OC(F)F)c2C2CC1c1nc3ccc(-c4ccc(C5(N)CC(O)(C(F)(F)F)C5)nc4)nn3c12. The Hall–Kier alpha value is -4.17. The molecule has 1 aromatic carbocycles. The highest BCUT2D eigenvalue weighted by molar-refractivity contribution is 5.98. The Bertz CT molecular complexity index is 1750. The second kappa shape index (κ2) is 8.67. The average molecular weight is 587 g/mol.